The van der Waals surface area contributed by atoms with Gasteiger partial charge in [0.1, 0.15) is 26.2 Å². The summed E-state index contributed by atoms with van der Waals surface area (Å²) in [4.78, 5) is 0. The van der Waals surface area contributed by atoms with Crippen molar-refractivity contribution < 1.29 is 67.1 Å². The number of hydrogen-bond donors (Lipinski definition) is 7. The molecular weight excluding hydrogens is 1330 g/mol. The SMILES string of the molecule is CCCCC[N+](CCO)(CCCCC)CCCCC.CCCC[N+](CCCC)(CCCC)CCCCO.CCCC[N+](CCO)(CCCC)CCCC.CCC[N+](CCC)(CCC)CCCCCO.CCC[N+](CCC)(CCC)CCCCO.CCC[N+](CCC)(CCC)CCO.CC[N+](CC)(CC)CCO. The predicted molar refractivity (Wildman–Crippen MR) is 478 cm³/mol. The van der Waals surface area contributed by atoms with Crippen molar-refractivity contribution in [2.24, 2.45) is 0 Å². The molecule has 0 saturated carbocycles. The lowest BCUT2D eigenvalue weighted by molar-refractivity contribution is -0.929. The summed E-state index contributed by atoms with van der Waals surface area (Å²) in [7, 11) is 0. The van der Waals surface area contributed by atoms with Gasteiger partial charge in [-0.25, -0.2) is 0 Å². The first-order chi connectivity index (χ1) is 51.7. The summed E-state index contributed by atoms with van der Waals surface area (Å²) in [6.07, 6.45) is 46.7. The third-order valence-electron chi connectivity index (χ3n) is 23.6. The highest BCUT2D eigenvalue weighted by Crippen LogP contribution is 2.21. The van der Waals surface area contributed by atoms with Crippen LogP contribution in [0.5, 0.6) is 0 Å². The summed E-state index contributed by atoms with van der Waals surface area (Å²) in [5.74, 6) is 0. The lowest BCUT2D eigenvalue weighted by Gasteiger charge is -2.39. The molecule has 0 atom stereocenters. The Labute approximate surface area is 676 Å². The van der Waals surface area contributed by atoms with Gasteiger partial charge in [-0.2, -0.15) is 0 Å². The third-order valence-corrected chi connectivity index (χ3v) is 23.6. The minimum atomic E-state index is 0.315. The summed E-state index contributed by atoms with van der Waals surface area (Å²) < 4.78 is 8.42. The first kappa shape index (κ1) is 120. The van der Waals surface area contributed by atoms with Gasteiger partial charge in [-0.1, -0.05) is 182 Å². The molecule has 14 nitrogen and oxygen atoms in total. The van der Waals surface area contributed by atoms with E-state index >= 15 is 0 Å². The van der Waals surface area contributed by atoms with Gasteiger partial charge in [-0.3, -0.25) is 0 Å². The Morgan fingerprint density at radius 2 is 0.252 bits per heavy atom. The monoisotopic (exact) mass is 1540 g/mol. The van der Waals surface area contributed by atoms with Crippen LogP contribution in [0.25, 0.3) is 0 Å². The maximum absolute atomic E-state index is 9.46. The fourth-order valence-electron chi connectivity index (χ4n) is 17.2. The molecule has 0 bridgehead atoms. The highest BCUT2D eigenvalue weighted by Gasteiger charge is 2.30. The summed E-state index contributed by atoms with van der Waals surface area (Å²) in [5.41, 5.74) is 0. The molecule has 7 N–H and O–H groups in total. The Morgan fingerprint density at radius 1 is 0.112 bits per heavy atom. The minimum absolute atomic E-state index is 0.315. The predicted octanol–water partition coefficient (Wildman–Crippen LogP) is 20.4. The molecule has 0 rings (SSSR count). The van der Waals surface area contributed by atoms with Crippen LogP contribution in [0, 0.1) is 0 Å². The first-order valence-electron chi connectivity index (χ1n) is 47.9. The topological polar surface area (TPSA) is 142 Å². The Bertz CT molecular complexity index is 1470. The van der Waals surface area contributed by atoms with Gasteiger partial charge in [0.15, 0.2) is 0 Å². The van der Waals surface area contributed by atoms with Gasteiger partial charge in [0.25, 0.3) is 0 Å². The van der Waals surface area contributed by atoms with Gasteiger partial charge in [0.2, 0.25) is 0 Å². The number of aliphatic hydroxyl groups is 7. The molecule has 0 aliphatic heterocycles. The van der Waals surface area contributed by atoms with Crippen molar-refractivity contribution in [1.29, 1.82) is 0 Å². The summed E-state index contributed by atoms with van der Waals surface area (Å²) in [6.45, 7) is 84.2. The number of unbranched alkanes of at least 4 members (excludes halogenated alkanes) is 16. The smallest absolute Gasteiger partial charge is 0.102 e. The van der Waals surface area contributed by atoms with E-state index in [4.69, 9.17) is 25.5 Å². The number of rotatable bonds is 72. The lowest BCUT2D eigenvalue weighted by atomic mass is 10.1. The van der Waals surface area contributed by atoms with Gasteiger partial charge in [0.05, 0.1) is 184 Å². The average molecular weight is 1540 g/mol. The molecule has 0 radical (unpaired) electrons. The quantitative estimate of drug-likeness (QED) is 0.0238. The van der Waals surface area contributed by atoms with Crippen molar-refractivity contribution in [3.63, 3.8) is 0 Å². The maximum atomic E-state index is 9.46. The van der Waals surface area contributed by atoms with Crippen LogP contribution < -0.4 is 0 Å². The largest absolute Gasteiger partial charge is 0.396 e. The second-order valence-electron chi connectivity index (χ2n) is 33.2. The molecule has 0 aliphatic carbocycles. The van der Waals surface area contributed by atoms with Crippen LogP contribution in [-0.4, -0.2) is 297 Å². The van der Waals surface area contributed by atoms with Gasteiger partial charge < -0.3 is 67.1 Å². The molecule has 0 saturated heterocycles. The van der Waals surface area contributed by atoms with Crippen LogP contribution in [0.4, 0.5) is 0 Å². The van der Waals surface area contributed by atoms with E-state index in [0.717, 1.165) is 78.5 Å². The highest BCUT2D eigenvalue weighted by molar-refractivity contribution is 4.55. The zero-order valence-corrected chi connectivity index (χ0v) is 78.2. The van der Waals surface area contributed by atoms with Crippen LogP contribution in [0.2, 0.25) is 0 Å². The van der Waals surface area contributed by atoms with E-state index in [9.17, 15) is 10.2 Å². The Balaban J connectivity index is -0.000000220. The maximum Gasteiger partial charge on any atom is 0.102 e. The number of nitrogens with zero attached hydrogens (tertiary/aromatic N) is 7. The molecule has 0 unspecified atom stereocenters. The van der Waals surface area contributed by atoms with Gasteiger partial charge >= 0.3 is 0 Å². The number of likely N-dealkylation sites (N-methyl/N-ethyl adjacent to an activating group) is 1. The fourth-order valence-corrected chi connectivity index (χ4v) is 17.2. The number of quaternary nitrogens is 7. The van der Waals surface area contributed by atoms with E-state index in [-0.39, 0.29) is 0 Å². The lowest BCUT2D eigenvalue weighted by Crippen LogP contribution is -2.51. The van der Waals surface area contributed by atoms with Crippen LogP contribution in [0.3, 0.4) is 0 Å². The molecule has 14 heteroatoms. The molecule has 656 valence electrons. The van der Waals surface area contributed by atoms with Crippen LogP contribution in [0.15, 0.2) is 0 Å². The van der Waals surface area contributed by atoms with Crippen LogP contribution >= 0.6 is 0 Å². The van der Waals surface area contributed by atoms with Crippen molar-refractivity contribution in [2.75, 3.05) is 230 Å². The van der Waals surface area contributed by atoms with Crippen molar-refractivity contribution in [2.45, 2.75) is 383 Å². The van der Waals surface area contributed by atoms with E-state index in [2.05, 4.69) is 145 Å². The molecule has 0 heterocycles. The molecule has 0 spiro atoms. The van der Waals surface area contributed by atoms with Crippen LogP contribution in [0.1, 0.15) is 383 Å². The normalized spacial score (nSPS) is 12.0. The summed E-state index contributed by atoms with van der Waals surface area (Å²) in [5, 5.41) is 63.2. The van der Waals surface area contributed by atoms with Crippen molar-refractivity contribution in [1.82, 2.24) is 0 Å². The van der Waals surface area contributed by atoms with Gasteiger partial charge in [0, 0.05) is 19.8 Å². The van der Waals surface area contributed by atoms with E-state index in [1.807, 2.05) is 0 Å². The summed E-state index contributed by atoms with van der Waals surface area (Å²) >= 11 is 0. The standard InChI is InChI=1S/C17H38NO.C16H36NO.2C14H32NO.C13H30NO.C11H26NO.C8H20NO/c1-4-7-10-13-18(16-17-19,14-11-8-5-2)15-12-9-6-3;1-4-7-12-17(13-8-5-2,14-9-6-3)15-10-11-16-18;1-4-10-15(11-5-2,12-6-3)13-8-7-9-14-16;1-4-7-10-15(13-14-16,11-8-5-2)12-9-6-3;1-4-9-14(10-5-2,11-6-3)12-7-8-13-15;1-4-7-12(8-5-2,9-6-3)10-11-13;1-4-9(5-2,6-3)7-8-10/h19H,4-17H2,1-3H3;18H,4-16H2,1-3H3;2*16H,4-14H2,1-3H3;15H,4-13H2,1-3H3;13H,4-11H2,1-3H3;10H,4-8H2,1-3H3/q7*+1. The molecule has 0 amide bonds. The van der Waals surface area contributed by atoms with Crippen molar-refractivity contribution in [3.8, 4) is 0 Å². The zero-order chi connectivity index (χ0) is 82.4. The molecule has 0 aromatic heterocycles. The second kappa shape index (κ2) is 89.4. The second-order valence-corrected chi connectivity index (χ2v) is 33.2. The third kappa shape index (κ3) is 69.5. The van der Waals surface area contributed by atoms with Crippen LogP contribution in [-0.2, 0) is 0 Å². The van der Waals surface area contributed by atoms with E-state index in [0.29, 0.717) is 46.2 Å². The van der Waals surface area contributed by atoms with E-state index in [1.165, 1.54) is 374 Å². The van der Waals surface area contributed by atoms with E-state index < -0.39 is 0 Å². The summed E-state index contributed by atoms with van der Waals surface area (Å²) in [6, 6.07) is 0. The zero-order valence-electron chi connectivity index (χ0n) is 78.2. The van der Waals surface area contributed by atoms with E-state index in [1.54, 1.807) is 0 Å². The highest BCUT2D eigenvalue weighted by atomic mass is 16.3. The average Bonchev–Trinajstić information content (AvgIpc) is 0.910. The fraction of sp³-hybridized carbons (Fsp3) is 1.00. The van der Waals surface area contributed by atoms with Gasteiger partial charge in [-0.15, -0.1) is 0 Å². The molecule has 107 heavy (non-hydrogen) atoms. The Kier molecular flexibility index (Phi) is 100.0. The van der Waals surface area contributed by atoms with Crippen molar-refractivity contribution >= 4 is 0 Å². The minimum Gasteiger partial charge on any atom is -0.396 e. The number of hydrogen-bond acceptors (Lipinski definition) is 7. The van der Waals surface area contributed by atoms with Gasteiger partial charge in [-0.05, 0) is 201 Å². The molecular formula is C93H214N7O7+7. The molecule has 0 aromatic rings. The Morgan fingerprint density at radius 3 is 0.411 bits per heavy atom. The first-order valence-corrected chi connectivity index (χ1v) is 47.9. The van der Waals surface area contributed by atoms with Crippen molar-refractivity contribution in [3.05, 3.63) is 0 Å². The molecule has 0 aliphatic rings. The Hall–Kier alpha value is -0.560. The molecule has 0 aromatic carbocycles. The number of aliphatic hydroxyl groups excluding tert-OH is 7. The molecule has 0 fully saturated rings.